The van der Waals surface area contributed by atoms with Crippen molar-refractivity contribution in [2.75, 3.05) is 6.61 Å². The summed E-state index contributed by atoms with van der Waals surface area (Å²) in [5.41, 5.74) is 0.555. The van der Waals surface area contributed by atoms with Gasteiger partial charge in [-0.2, -0.15) is 0 Å². The number of carbonyl (C=O) groups is 1. The molecule has 0 radical (unpaired) electrons. The molecule has 0 aliphatic rings. The van der Waals surface area contributed by atoms with Gasteiger partial charge in [0.25, 0.3) is 0 Å². The summed E-state index contributed by atoms with van der Waals surface area (Å²) in [6.45, 7) is 2.06. The molecule has 0 aliphatic heterocycles. The van der Waals surface area contributed by atoms with Crippen LogP contribution < -0.4 is 9.47 Å². The van der Waals surface area contributed by atoms with Gasteiger partial charge in [0, 0.05) is 11.1 Å². The van der Waals surface area contributed by atoms with Crippen molar-refractivity contribution in [3.63, 3.8) is 0 Å². The largest absolute Gasteiger partial charge is 0.490 e. The van der Waals surface area contributed by atoms with Crippen LogP contribution >= 0.6 is 0 Å². The van der Waals surface area contributed by atoms with Crippen LogP contribution in [0.2, 0.25) is 0 Å². The number of halogens is 2. The number of aldehydes is 1. The minimum atomic E-state index is -0.543. The van der Waals surface area contributed by atoms with Crippen molar-refractivity contribution < 1.29 is 23.0 Å². The van der Waals surface area contributed by atoms with Crippen LogP contribution in [-0.4, -0.2) is 12.9 Å². The molecule has 0 atom stereocenters. The van der Waals surface area contributed by atoms with E-state index in [9.17, 15) is 13.6 Å². The van der Waals surface area contributed by atoms with Crippen LogP contribution in [0.15, 0.2) is 36.4 Å². The molecule has 0 unspecified atom stereocenters. The van der Waals surface area contributed by atoms with Crippen molar-refractivity contribution in [2.45, 2.75) is 13.5 Å². The molecule has 0 amide bonds. The van der Waals surface area contributed by atoms with Gasteiger partial charge in [-0.25, -0.2) is 8.78 Å². The Hall–Kier alpha value is -2.43. The van der Waals surface area contributed by atoms with Gasteiger partial charge in [0.05, 0.1) is 6.61 Å². The van der Waals surface area contributed by atoms with Gasteiger partial charge in [-0.3, -0.25) is 4.79 Å². The second-order valence-corrected chi connectivity index (χ2v) is 4.28. The van der Waals surface area contributed by atoms with Crippen molar-refractivity contribution in [2.24, 2.45) is 0 Å². The van der Waals surface area contributed by atoms with Gasteiger partial charge >= 0.3 is 0 Å². The Morgan fingerprint density at radius 3 is 2.57 bits per heavy atom. The highest BCUT2D eigenvalue weighted by Gasteiger charge is 2.09. The molecule has 0 heterocycles. The Morgan fingerprint density at radius 2 is 1.86 bits per heavy atom. The van der Waals surface area contributed by atoms with E-state index >= 15 is 0 Å². The summed E-state index contributed by atoms with van der Waals surface area (Å²) < 4.78 is 37.4. The van der Waals surface area contributed by atoms with Crippen molar-refractivity contribution in [3.8, 4) is 11.5 Å². The van der Waals surface area contributed by atoms with Crippen LogP contribution in [0, 0.1) is 11.6 Å². The lowest BCUT2D eigenvalue weighted by Gasteiger charge is -2.12. The van der Waals surface area contributed by atoms with E-state index in [1.165, 1.54) is 6.07 Å². The first-order valence-corrected chi connectivity index (χ1v) is 6.42. The third-order valence-electron chi connectivity index (χ3n) is 2.79. The van der Waals surface area contributed by atoms with E-state index in [0.29, 0.717) is 30.0 Å². The summed E-state index contributed by atoms with van der Waals surface area (Å²) in [4.78, 5) is 10.7. The monoisotopic (exact) mass is 292 g/mol. The van der Waals surface area contributed by atoms with Gasteiger partial charge in [-0.05, 0) is 43.3 Å². The summed E-state index contributed by atoms with van der Waals surface area (Å²) in [6, 6.07) is 7.83. The fraction of sp³-hybridized carbons (Fsp3) is 0.188. The van der Waals surface area contributed by atoms with Crippen LogP contribution in [0.5, 0.6) is 11.5 Å². The molecule has 2 aromatic carbocycles. The predicted octanol–water partition coefficient (Wildman–Crippen LogP) is 3.76. The van der Waals surface area contributed by atoms with Gasteiger partial charge in [-0.15, -0.1) is 0 Å². The minimum Gasteiger partial charge on any atom is -0.490 e. The Balaban J connectivity index is 2.19. The minimum absolute atomic E-state index is 0.108. The zero-order chi connectivity index (χ0) is 15.2. The Bertz CT molecular complexity index is 641. The van der Waals surface area contributed by atoms with Crippen LogP contribution in [0.3, 0.4) is 0 Å². The molecule has 0 spiro atoms. The molecule has 0 bridgehead atoms. The molecule has 2 rings (SSSR count). The number of ether oxygens (including phenoxy) is 2. The smallest absolute Gasteiger partial charge is 0.161 e. The molecule has 21 heavy (non-hydrogen) atoms. The molecular formula is C16H14F2O3. The average molecular weight is 292 g/mol. The van der Waals surface area contributed by atoms with Crippen LogP contribution in [-0.2, 0) is 6.61 Å². The highest BCUT2D eigenvalue weighted by molar-refractivity contribution is 5.76. The standard InChI is InChI=1S/C16H14F2O3/c1-2-20-16-7-11(9-19)3-6-15(16)21-10-12-8-13(17)4-5-14(12)18/h3-9H,2,10H2,1H3. The fourth-order valence-corrected chi connectivity index (χ4v) is 1.79. The zero-order valence-corrected chi connectivity index (χ0v) is 11.4. The van der Waals surface area contributed by atoms with E-state index < -0.39 is 11.6 Å². The summed E-state index contributed by atoms with van der Waals surface area (Å²) in [7, 11) is 0. The molecule has 0 saturated heterocycles. The van der Waals surface area contributed by atoms with Crippen LogP contribution in [0.4, 0.5) is 8.78 Å². The molecule has 3 nitrogen and oxygen atoms in total. The molecule has 2 aromatic rings. The molecule has 0 fully saturated rings. The average Bonchev–Trinajstić information content (AvgIpc) is 2.49. The van der Waals surface area contributed by atoms with Crippen molar-refractivity contribution in [1.82, 2.24) is 0 Å². The molecule has 0 aromatic heterocycles. The molecule has 0 N–H and O–H groups in total. The molecule has 0 saturated carbocycles. The summed E-state index contributed by atoms with van der Waals surface area (Å²) in [5.74, 6) is -0.319. The van der Waals surface area contributed by atoms with Crippen LogP contribution in [0.1, 0.15) is 22.8 Å². The number of rotatable bonds is 6. The van der Waals surface area contributed by atoms with E-state index in [1.807, 2.05) is 0 Å². The van der Waals surface area contributed by atoms with E-state index in [-0.39, 0.29) is 12.2 Å². The van der Waals surface area contributed by atoms with Crippen molar-refractivity contribution >= 4 is 6.29 Å². The normalized spacial score (nSPS) is 10.2. The van der Waals surface area contributed by atoms with E-state index in [0.717, 1.165) is 18.2 Å². The molecule has 5 heteroatoms. The lowest BCUT2D eigenvalue weighted by atomic mass is 10.2. The summed E-state index contributed by atoms with van der Waals surface area (Å²) in [5, 5.41) is 0. The lowest BCUT2D eigenvalue weighted by molar-refractivity contribution is 0.112. The predicted molar refractivity (Wildman–Crippen MR) is 73.7 cm³/mol. The van der Waals surface area contributed by atoms with Crippen molar-refractivity contribution in [3.05, 3.63) is 59.2 Å². The van der Waals surface area contributed by atoms with Crippen molar-refractivity contribution in [1.29, 1.82) is 0 Å². The highest BCUT2D eigenvalue weighted by atomic mass is 19.1. The first-order chi connectivity index (χ1) is 10.1. The van der Waals surface area contributed by atoms with Crippen LogP contribution in [0.25, 0.3) is 0 Å². The van der Waals surface area contributed by atoms with E-state index in [1.54, 1.807) is 19.1 Å². The first kappa shape index (κ1) is 15.0. The number of hydrogen-bond donors (Lipinski definition) is 0. The maximum Gasteiger partial charge on any atom is 0.161 e. The quantitative estimate of drug-likeness (QED) is 0.761. The molecule has 0 aliphatic carbocycles. The maximum absolute atomic E-state index is 13.5. The zero-order valence-electron chi connectivity index (χ0n) is 11.4. The topological polar surface area (TPSA) is 35.5 Å². The number of benzene rings is 2. The van der Waals surface area contributed by atoms with E-state index in [4.69, 9.17) is 9.47 Å². The van der Waals surface area contributed by atoms with Gasteiger partial charge in [0.1, 0.15) is 24.5 Å². The third-order valence-corrected chi connectivity index (χ3v) is 2.79. The fourth-order valence-electron chi connectivity index (χ4n) is 1.79. The van der Waals surface area contributed by atoms with Gasteiger partial charge < -0.3 is 9.47 Å². The highest BCUT2D eigenvalue weighted by Crippen LogP contribution is 2.29. The number of hydrogen-bond acceptors (Lipinski definition) is 3. The SMILES string of the molecule is CCOc1cc(C=O)ccc1OCc1cc(F)ccc1F. The second-order valence-electron chi connectivity index (χ2n) is 4.28. The van der Waals surface area contributed by atoms with Gasteiger partial charge in [-0.1, -0.05) is 0 Å². The summed E-state index contributed by atoms with van der Waals surface area (Å²) >= 11 is 0. The second kappa shape index (κ2) is 6.83. The van der Waals surface area contributed by atoms with E-state index in [2.05, 4.69) is 0 Å². The summed E-state index contributed by atoms with van der Waals surface area (Å²) in [6.07, 6.45) is 0.693. The maximum atomic E-state index is 13.5. The third kappa shape index (κ3) is 3.78. The number of carbonyl (C=O) groups excluding carboxylic acids is 1. The molecular weight excluding hydrogens is 278 g/mol. The Labute approximate surface area is 121 Å². The molecule has 110 valence electrons. The lowest BCUT2D eigenvalue weighted by Crippen LogP contribution is -2.02. The van der Waals surface area contributed by atoms with Gasteiger partial charge in [0.2, 0.25) is 0 Å². The first-order valence-electron chi connectivity index (χ1n) is 6.42. The van der Waals surface area contributed by atoms with Gasteiger partial charge in [0.15, 0.2) is 11.5 Å². The Kier molecular flexibility index (Phi) is 4.87. The Morgan fingerprint density at radius 1 is 1.05 bits per heavy atom.